The van der Waals surface area contributed by atoms with Gasteiger partial charge in [0.05, 0.1) is 6.10 Å². The summed E-state index contributed by atoms with van der Waals surface area (Å²) in [4.78, 5) is 17.0. The Kier molecular flexibility index (Phi) is 2.78. The number of anilines is 1. The molecule has 76 valence electrons. The molecule has 1 saturated heterocycles. The van der Waals surface area contributed by atoms with Crippen LogP contribution in [-0.2, 0) is 4.74 Å². The van der Waals surface area contributed by atoms with Crippen LogP contribution in [0, 0.1) is 0 Å². The summed E-state index contributed by atoms with van der Waals surface area (Å²) in [5, 5.41) is 3.11. The summed E-state index contributed by atoms with van der Waals surface area (Å²) in [5.41, 5.74) is -0.331. The molecule has 1 atom stereocenters. The highest BCUT2D eigenvalue weighted by molar-refractivity contribution is 5.31. The molecule has 1 fully saturated rings. The summed E-state index contributed by atoms with van der Waals surface area (Å²) in [7, 11) is 0. The van der Waals surface area contributed by atoms with Crippen LogP contribution < -0.4 is 11.0 Å². The van der Waals surface area contributed by atoms with E-state index in [2.05, 4.69) is 15.3 Å². The minimum Gasteiger partial charge on any atom is -0.376 e. The van der Waals surface area contributed by atoms with Gasteiger partial charge in [-0.25, -0.2) is 9.78 Å². The maximum Gasteiger partial charge on any atom is 0.346 e. The third-order valence-electron chi connectivity index (χ3n) is 2.22. The van der Waals surface area contributed by atoms with Gasteiger partial charge in [0, 0.05) is 19.3 Å². The molecule has 2 N–H and O–H groups in total. The van der Waals surface area contributed by atoms with Crippen LogP contribution in [0.4, 0.5) is 5.82 Å². The molecule has 0 radical (unpaired) electrons. The van der Waals surface area contributed by atoms with Gasteiger partial charge in [-0.15, -0.1) is 0 Å². The lowest BCUT2D eigenvalue weighted by molar-refractivity contribution is 0.120. The Morgan fingerprint density at radius 1 is 1.71 bits per heavy atom. The number of nitrogens with zero attached hydrogens (tertiary/aromatic N) is 1. The summed E-state index contributed by atoms with van der Waals surface area (Å²) < 4.78 is 5.43. The van der Waals surface area contributed by atoms with E-state index in [1.807, 2.05) is 0 Å². The normalized spacial score (nSPS) is 21.0. The Morgan fingerprint density at radius 2 is 2.64 bits per heavy atom. The van der Waals surface area contributed by atoms with Crippen molar-refractivity contribution in [3.63, 3.8) is 0 Å². The molecule has 0 unspecified atom stereocenters. The molecule has 5 heteroatoms. The average Bonchev–Trinajstić information content (AvgIpc) is 2.67. The van der Waals surface area contributed by atoms with E-state index < -0.39 is 0 Å². The molecule has 14 heavy (non-hydrogen) atoms. The van der Waals surface area contributed by atoms with Gasteiger partial charge >= 0.3 is 5.69 Å². The molecule has 0 bridgehead atoms. The Hall–Kier alpha value is -1.36. The maximum absolute atomic E-state index is 10.8. The van der Waals surface area contributed by atoms with Crippen molar-refractivity contribution >= 4 is 5.82 Å². The minimum absolute atomic E-state index is 0.270. The summed E-state index contributed by atoms with van der Waals surface area (Å²) in [6, 6.07) is 1.73. The van der Waals surface area contributed by atoms with E-state index in [0.29, 0.717) is 5.82 Å². The fourth-order valence-electron chi connectivity index (χ4n) is 1.50. The lowest BCUT2D eigenvalue weighted by Gasteiger charge is -2.10. The van der Waals surface area contributed by atoms with Crippen molar-refractivity contribution in [3.05, 3.63) is 22.7 Å². The molecular formula is C9H13N3O2. The predicted octanol–water partition coefficient (Wildman–Crippen LogP) is 0.361. The standard InChI is InChI=1S/C9H13N3O2/c13-9-10-4-3-8(12-9)11-6-7-2-1-5-14-7/h3-4,7H,1-2,5-6H2,(H2,10,11,12,13)/t7-/m1/s1. The van der Waals surface area contributed by atoms with Crippen molar-refractivity contribution < 1.29 is 4.74 Å². The van der Waals surface area contributed by atoms with Gasteiger partial charge in [0.2, 0.25) is 0 Å². The van der Waals surface area contributed by atoms with Crippen LogP contribution in [0.15, 0.2) is 17.1 Å². The first-order valence-electron chi connectivity index (χ1n) is 4.75. The number of H-pyrrole nitrogens is 1. The van der Waals surface area contributed by atoms with E-state index in [1.54, 1.807) is 6.07 Å². The van der Waals surface area contributed by atoms with Crippen molar-refractivity contribution in [2.45, 2.75) is 18.9 Å². The highest BCUT2D eigenvalue weighted by Gasteiger charge is 2.14. The molecule has 0 amide bonds. The second kappa shape index (κ2) is 4.23. The predicted molar refractivity (Wildman–Crippen MR) is 52.3 cm³/mol. The Bertz CT molecular complexity index is 344. The Morgan fingerprint density at radius 3 is 3.36 bits per heavy atom. The lowest BCUT2D eigenvalue weighted by Crippen LogP contribution is -2.21. The number of rotatable bonds is 3. The molecular weight excluding hydrogens is 182 g/mol. The van der Waals surface area contributed by atoms with E-state index in [0.717, 1.165) is 26.0 Å². The first-order chi connectivity index (χ1) is 6.84. The van der Waals surface area contributed by atoms with Gasteiger partial charge in [-0.05, 0) is 18.9 Å². The zero-order chi connectivity index (χ0) is 9.80. The zero-order valence-corrected chi connectivity index (χ0v) is 7.82. The monoisotopic (exact) mass is 195 g/mol. The zero-order valence-electron chi connectivity index (χ0n) is 7.82. The van der Waals surface area contributed by atoms with Crippen LogP contribution in [0.1, 0.15) is 12.8 Å². The molecule has 0 spiro atoms. The van der Waals surface area contributed by atoms with E-state index >= 15 is 0 Å². The van der Waals surface area contributed by atoms with Crippen LogP contribution in [-0.4, -0.2) is 29.2 Å². The Balaban J connectivity index is 1.88. The molecule has 2 rings (SSSR count). The quantitative estimate of drug-likeness (QED) is 0.730. The van der Waals surface area contributed by atoms with Crippen molar-refractivity contribution in [1.82, 2.24) is 9.97 Å². The molecule has 1 aliphatic heterocycles. The number of aromatic nitrogens is 2. The summed E-state index contributed by atoms with van der Waals surface area (Å²) >= 11 is 0. The molecule has 1 aromatic heterocycles. The molecule has 0 aliphatic carbocycles. The smallest absolute Gasteiger partial charge is 0.346 e. The minimum atomic E-state index is -0.331. The van der Waals surface area contributed by atoms with Gasteiger partial charge in [-0.3, -0.25) is 4.98 Å². The highest BCUT2D eigenvalue weighted by Crippen LogP contribution is 2.12. The largest absolute Gasteiger partial charge is 0.376 e. The number of hydrogen-bond donors (Lipinski definition) is 2. The fraction of sp³-hybridized carbons (Fsp3) is 0.556. The van der Waals surface area contributed by atoms with Gasteiger partial charge in [0.15, 0.2) is 0 Å². The van der Waals surface area contributed by atoms with Gasteiger partial charge in [0.1, 0.15) is 5.82 Å². The average molecular weight is 195 g/mol. The van der Waals surface area contributed by atoms with Crippen LogP contribution in [0.5, 0.6) is 0 Å². The van der Waals surface area contributed by atoms with Crippen molar-refractivity contribution in [2.24, 2.45) is 0 Å². The molecule has 1 aromatic rings. The van der Waals surface area contributed by atoms with Gasteiger partial charge in [-0.1, -0.05) is 0 Å². The maximum atomic E-state index is 10.8. The summed E-state index contributed by atoms with van der Waals surface area (Å²) in [6.45, 7) is 1.58. The van der Waals surface area contributed by atoms with Crippen LogP contribution in [0.25, 0.3) is 0 Å². The van der Waals surface area contributed by atoms with E-state index in [9.17, 15) is 4.79 Å². The molecule has 2 heterocycles. The van der Waals surface area contributed by atoms with E-state index in [1.165, 1.54) is 6.20 Å². The molecule has 0 saturated carbocycles. The van der Waals surface area contributed by atoms with E-state index in [4.69, 9.17) is 4.74 Å². The summed E-state index contributed by atoms with van der Waals surface area (Å²) in [6.07, 6.45) is 3.96. The number of hydrogen-bond acceptors (Lipinski definition) is 4. The van der Waals surface area contributed by atoms with Crippen LogP contribution in [0.3, 0.4) is 0 Å². The SMILES string of the molecule is O=c1nccc(NC[C@H]2CCCO2)[nH]1. The van der Waals surface area contributed by atoms with Crippen molar-refractivity contribution in [1.29, 1.82) is 0 Å². The lowest BCUT2D eigenvalue weighted by atomic mass is 10.2. The number of ether oxygens (including phenoxy) is 1. The third-order valence-corrected chi connectivity index (χ3v) is 2.22. The van der Waals surface area contributed by atoms with Gasteiger partial charge in [0.25, 0.3) is 0 Å². The van der Waals surface area contributed by atoms with Crippen molar-refractivity contribution in [3.8, 4) is 0 Å². The molecule has 1 aliphatic rings. The highest BCUT2D eigenvalue weighted by atomic mass is 16.5. The van der Waals surface area contributed by atoms with Crippen molar-refractivity contribution in [2.75, 3.05) is 18.5 Å². The molecule has 0 aromatic carbocycles. The Labute approximate surface area is 81.5 Å². The fourth-order valence-corrected chi connectivity index (χ4v) is 1.50. The molecule has 5 nitrogen and oxygen atoms in total. The first-order valence-corrected chi connectivity index (χ1v) is 4.75. The number of nitrogens with one attached hydrogen (secondary N) is 2. The third kappa shape index (κ3) is 2.32. The second-order valence-electron chi connectivity index (χ2n) is 3.30. The van der Waals surface area contributed by atoms with Gasteiger partial charge < -0.3 is 10.1 Å². The summed E-state index contributed by atoms with van der Waals surface area (Å²) in [5.74, 6) is 0.695. The van der Waals surface area contributed by atoms with Gasteiger partial charge in [-0.2, -0.15) is 0 Å². The van der Waals surface area contributed by atoms with E-state index in [-0.39, 0.29) is 11.8 Å². The topological polar surface area (TPSA) is 67.0 Å². The number of aromatic amines is 1. The van der Waals surface area contributed by atoms with Crippen LogP contribution >= 0.6 is 0 Å². The van der Waals surface area contributed by atoms with Crippen LogP contribution in [0.2, 0.25) is 0 Å². The second-order valence-corrected chi connectivity index (χ2v) is 3.30. The first kappa shape index (κ1) is 9.21.